The average Bonchev–Trinajstić information content (AvgIpc) is 2.06. The molecule has 1 unspecified atom stereocenters. The van der Waals surface area contributed by atoms with E-state index in [1.807, 2.05) is 0 Å². The molecule has 0 aromatic rings. The Morgan fingerprint density at radius 1 is 1.25 bits per heavy atom. The van der Waals surface area contributed by atoms with E-state index in [9.17, 15) is 0 Å². The molecule has 0 aromatic heterocycles. The zero-order valence-electron chi connectivity index (χ0n) is 9.18. The number of hydrogen-bond donors (Lipinski definition) is 0. The molecule has 74 valence electrons. The highest BCUT2D eigenvalue weighted by molar-refractivity contribution is 6.46. The molecule has 0 saturated carbocycles. The van der Waals surface area contributed by atoms with Gasteiger partial charge in [-0.15, -0.1) is 0 Å². The number of hydrogen-bond acceptors (Lipinski definition) is 2. The first-order valence-electron chi connectivity index (χ1n) is 4.55. The standard InChI is InChI=1S/C9H22O2Si/c1-7-9(3,4)8(2)12(10-5)11-6/h8,12H,7H2,1-6H3. The van der Waals surface area contributed by atoms with Crippen LogP contribution in [0, 0.1) is 5.41 Å². The fourth-order valence-electron chi connectivity index (χ4n) is 1.19. The van der Waals surface area contributed by atoms with E-state index < -0.39 is 9.28 Å². The molecule has 1 atom stereocenters. The van der Waals surface area contributed by atoms with Crippen LogP contribution < -0.4 is 0 Å². The molecule has 0 radical (unpaired) electrons. The summed E-state index contributed by atoms with van der Waals surface area (Å²) in [5.74, 6) is 0. The third-order valence-corrected chi connectivity index (χ3v) is 5.66. The quantitative estimate of drug-likeness (QED) is 0.619. The Kier molecular flexibility index (Phi) is 5.05. The lowest BCUT2D eigenvalue weighted by Crippen LogP contribution is -2.33. The Bertz CT molecular complexity index is 122. The lowest BCUT2D eigenvalue weighted by atomic mass is 9.87. The van der Waals surface area contributed by atoms with Gasteiger partial charge in [-0.1, -0.05) is 34.1 Å². The monoisotopic (exact) mass is 190 g/mol. The molecule has 0 rings (SSSR count). The first-order valence-corrected chi connectivity index (χ1v) is 6.16. The third-order valence-electron chi connectivity index (χ3n) is 3.02. The summed E-state index contributed by atoms with van der Waals surface area (Å²) < 4.78 is 10.7. The van der Waals surface area contributed by atoms with Gasteiger partial charge < -0.3 is 8.85 Å². The third kappa shape index (κ3) is 2.88. The second-order valence-corrected chi connectivity index (χ2v) is 6.65. The van der Waals surface area contributed by atoms with Crippen LogP contribution in [0.15, 0.2) is 0 Å². The van der Waals surface area contributed by atoms with Crippen LogP contribution in [0.4, 0.5) is 0 Å². The highest BCUT2D eigenvalue weighted by Gasteiger charge is 2.32. The average molecular weight is 190 g/mol. The van der Waals surface area contributed by atoms with Gasteiger partial charge in [0.15, 0.2) is 0 Å². The summed E-state index contributed by atoms with van der Waals surface area (Å²) >= 11 is 0. The van der Waals surface area contributed by atoms with Crippen LogP contribution in [-0.4, -0.2) is 23.5 Å². The zero-order chi connectivity index (χ0) is 9.78. The minimum Gasteiger partial charge on any atom is -0.400 e. The second kappa shape index (κ2) is 4.99. The van der Waals surface area contributed by atoms with Crippen molar-refractivity contribution in [3.8, 4) is 0 Å². The maximum Gasteiger partial charge on any atom is 0.324 e. The Morgan fingerprint density at radius 2 is 1.67 bits per heavy atom. The van der Waals surface area contributed by atoms with Gasteiger partial charge in [-0.25, -0.2) is 0 Å². The Hall–Kier alpha value is 0.137. The van der Waals surface area contributed by atoms with E-state index in [0.29, 0.717) is 11.0 Å². The van der Waals surface area contributed by atoms with E-state index in [1.165, 1.54) is 6.42 Å². The van der Waals surface area contributed by atoms with E-state index >= 15 is 0 Å². The van der Waals surface area contributed by atoms with Crippen molar-refractivity contribution in [1.29, 1.82) is 0 Å². The molecular weight excluding hydrogens is 168 g/mol. The maximum absolute atomic E-state index is 5.37. The minimum atomic E-state index is -1.43. The fourth-order valence-corrected chi connectivity index (χ4v) is 3.18. The zero-order valence-corrected chi connectivity index (χ0v) is 10.3. The molecule has 12 heavy (non-hydrogen) atoms. The lowest BCUT2D eigenvalue weighted by molar-refractivity contribution is 0.221. The van der Waals surface area contributed by atoms with E-state index in [2.05, 4.69) is 27.7 Å². The molecule has 0 heterocycles. The first-order chi connectivity index (χ1) is 5.49. The van der Waals surface area contributed by atoms with Crippen molar-refractivity contribution in [2.45, 2.75) is 39.7 Å². The molecule has 0 aromatic carbocycles. The highest BCUT2D eigenvalue weighted by atomic mass is 28.3. The van der Waals surface area contributed by atoms with Crippen molar-refractivity contribution in [3.05, 3.63) is 0 Å². The molecule has 0 aliphatic heterocycles. The topological polar surface area (TPSA) is 18.5 Å². The molecule has 0 bridgehead atoms. The van der Waals surface area contributed by atoms with Crippen molar-refractivity contribution in [3.63, 3.8) is 0 Å². The van der Waals surface area contributed by atoms with Crippen molar-refractivity contribution < 1.29 is 8.85 Å². The van der Waals surface area contributed by atoms with Crippen molar-refractivity contribution in [1.82, 2.24) is 0 Å². The minimum absolute atomic E-state index is 0.336. The van der Waals surface area contributed by atoms with Crippen LogP contribution in [0.1, 0.15) is 34.1 Å². The molecule has 0 aliphatic rings. The molecule has 0 amide bonds. The van der Waals surface area contributed by atoms with Crippen LogP contribution in [-0.2, 0) is 8.85 Å². The lowest BCUT2D eigenvalue weighted by Gasteiger charge is -2.33. The van der Waals surface area contributed by atoms with E-state index in [-0.39, 0.29) is 0 Å². The summed E-state index contributed by atoms with van der Waals surface area (Å²) in [4.78, 5) is 0. The van der Waals surface area contributed by atoms with Gasteiger partial charge in [0.1, 0.15) is 0 Å². The van der Waals surface area contributed by atoms with Crippen LogP contribution in [0.5, 0.6) is 0 Å². The normalized spacial score (nSPS) is 15.2. The Morgan fingerprint density at radius 3 is 1.92 bits per heavy atom. The van der Waals surface area contributed by atoms with Gasteiger partial charge in [0.25, 0.3) is 0 Å². The van der Waals surface area contributed by atoms with Gasteiger partial charge in [-0.2, -0.15) is 0 Å². The van der Waals surface area contributed by atoms with Crippen LogP contribution >= 0.6 is 0 Å². The fraction of sp³-hybridized carbons (Fsp3) is 1.00. The van der Waals surface area contributed by atoms with Gasteiger partial charge in [0.05, 0.1) is 0 Å². The van der Waals surface area contributed by atoms with E-state index in [0.717, 1.165) is 0 Å². The highest BCUT2D eigenvalue weighted by Crippen LogP contribution is 2.36. The predicted molar refractivity (Wildman–Crippen MR) is 54.7 cm³/mol. The van der Waals surface area contributed by atoms with E-state index in [4.69, 9.17) is 8.85 Å². The van der Waals surface area contributed by atoms with Crippen LogP contribution in [0.2, 0.25) is 5.54 Å². The largest absolute Gasteiger partial charge is 0.400 e. The summed E-state index contributed by atoms with van der Waals surface area (Å²) in [5.41, 5.74) is 0.889. The van der Waals surface area contributed by atoms with Gasteiger partial charge in [0.2, 0.25) is 0 Å². The van der Waals surface area contributed by atoms with Crippen molar-refractivity contribution in [2.75, 3.05) is 14.2 Å². The predicted octanol–water partition coefficient (Wildman–Crippen LogP) is 2.33. The SMILES string of the molecule is CCC(C)(C)C(C)[SiH](OC)OC. The molecule has 0 saturated heterocycles. The van der Waals surface area contributed by atoms with Crippen LogP contribution in [0.3, 0.4) is 0 Å². The van der Waals surface area contributed by atoms with Crippen molar-refractivity contribution in [2.24, 2.45) is 5.41 Å². The number of rotatable bonds is 5. The van der Waals surface area contributed by atoms with Gasteiger partial charge in [0, 0.05) is 19.8 Å². The molecular formula is C9H22O2Si. The molecule has 0 aliphatic carbocycles. The molecule has 0 fully saturated rings. The van der Waals surface area contributed by atoms with Gasteiger partial charge >= 0.3 is 9.28 Å². The first kappa shape index (κ1) is 12.1. The van der Waals surface area contributed by atoms with Crippen molar-refractivity contribution >= 4 is 9.28 Å². The molecule has 0 spiro atoms. The smallest absolute Gasteiger partial charge is 0.324 e. The molecule has 3 heteroatoms. The Balaban J connectivity index is 4.23. The van der Waals surface area contributed by atoms with Gasteiger partial charge in [-0.3, -0.25) is 0 Å². The summed E-state index contributed by atoms with van der Waals surface area (Å²) in [7, 11) is 2.08. The maximum atomic E-state index is 5.37. The van der Waals surface area contributed by atoms with Crippen LogP contribution in [0.25, 0.3) is 0 Å². The summed E-state index contributed by atoms with van der Waals surface area (Å²) in [6.45, 7) is 8.99. The summed E-state index contributed by atoms with van der Waals surface area (Å²) in [6, 6.07) is 0. The second-order valence-electron chi connectivity index (χ2n) is 3.97. The molecule has 0 N–H and O–H groups in total. The summed E-state index contributed by atoms with van der Waals surface area (Å²) in [6.07, 6.45) is 1.17. The van der Waals surface area contributed by atoms with Gasteiger partial charge in [-0.05, 0) is 5.41 Å². The Labute approximate surface area is 78.1 Å². The molecule has 2 nitrogen and oxygen atoms in total. The summed E-state index contributed by atoms with van der Waals surface area (Å²) in [5, 5.41) is 0. The van der Waals surface area contributed by atoms with E-state index in [1.54, 1.807) is 14.2 Å².